The Bertz CT molecular complexity index is 479. The van der Waals surface area contributed by atoms with E-state index in [1.165, 1.54) is 6.07 Å². The standard InChI is InChI=1S/C14H21N3O3/c1-2-20-11-6-7-13(14(8-11)17(18)19)16-12-5-3-4-10(12)9-15/h6-8,10,12,16H,2-5,9,15H2,1H3. The molecule has 6 nitrogen and oxygen atoms in total. The van der Waals surface area contributed by atoms with Gasteiger partial charge in [0.15, 0.2) is 0 Å². The molecule has 6 heteroatoms. The fourth-order valence-corrected chi connectivity index (χ4v) is 2.75. The summed E-state index contributed by atoms with van der Waals surface area (Å²) in [4.78, 5) is 10.8. The minimum absolute atomic E-state index is 0.0543. The molecular weight excluding hydrogens is 258 g/mol. The van der Waals surface area contributed by atoms with Gasteiger partial charge in [-0.3, -0.25) is 10.1 Å². The van der Waals surface area contributed by atoms with Gasteiger partial charge in [-0.1, -0.05) is 6.42 Å². The van der Waals surface area contributed by atoms with E-state index in [-0.39, 0.29) is 16.7 Å². The van der Waals surface area contributed by atoms with Crippen LogP contribution in [-0.4, -0.2) is 24.1 Å². The molecule has 2 atom stereocenters. The molecule has 1 aliphatic rings. The normalized spacial score (nSPS) is 21.7. The van der Waals surface area contributed by atoms with Crippen LogP contribution < -0.4 is 15.8 Å². The lowest BCUT2D eigenvalue weighted by molar-refractivity contribution is -0.384. The van der Waals surface area contributed by atoms with Gasteiger partial charge in [0.05, 0.1) is 17.6 Å². The lowest BCUT2D eigenvalue weighted by Crippen LogP contribution is -2.29. The Morgan fingerprint density at radius 3 is 2.95 bits per heavy atom. The fourth-order valence-electron chi connectivity index (χ4n) is 2.75. The van der Waals surface area contributed by atoms with Crippen molar-refractivity contribution in [3.63, 3.8) is 0 Å². The fraction of sp³-hybridized carbons (Fsp3) is 0.571. The number of nitrogens with two attached hydrogens (primary N) is 1. The Hall–Kier alpha value is -1.82. The van der Waals surface area contributed by atoms with E-state index in [1.807, 2.05) is 6.92 Å². The van der Waals surface area contributed by atoms with Crippen molar-refractivity contribution in [2.24, 2.45) is 11.7 Å². The van der Waals surface area contributed by atoms with Crippen LogP contribution >= 0.6 is 0 Å². The molecule has 1 fully saturated rings. The molecule has 0 aromatic heterocycles. The summed E-state index contributed by atoms with van der Waals surface area (Å²) in [5.74, 6) is 0.910. The Morgan fingerprint density at radius 2 is 2.30 bits per heavy atom. The molecule has 1 aliphatic carbocycles. The molecule has 0 amide bonds. The molecule has 0 bridgehead atoms. The van der Waals surface area contributed by atoms with Crippen LogP contribution in [0.2, 0.25) is 0 Å². The van der Waals surface area contributed by atoms with Crippen molar-refractivity contribution in [1.29, 1.82) is 0 Å². The minimum Gasteiger partial charge on any atom is -0.494 e. The number of benzene rings is 1. The first kappa shape index (κ1) is 14.6. The number of hydrogen-bond donors (Lipinski definition) is 2. The molecule has 1 saturated carbocycles. The molecule has 0 heterocycles. The van der Waals surface area contributed by atoms with Crippen molar-refractivity contribution in [1.82, 2.24) is 0 Å². The predicted molar refractivity (Wildman–Crippen MR) is 78.1 cm³/mol. The summed E-state index contributed by atoms with van der Waals surface area (Å²) >= 11 is 0. The molecule has 1 aromatic rings. The van der Waals surface area contributed by atoms with Gasteiger partial charge in [-0.15, -0.1) is 0 Å². The second-order valence-electron chi connectivity index (χ2n) is 5.05. The number of hydrogen-bond acceptors (Lipinski definition) is 5. The summed E-state index contributed by atoms with van der Waals surface area (Å²) < 4.78 is 5.31. The lowest BCUT2D eigenvalue weighted by Gasteiger charge is -2.20. The van der Waals surface area contributed by atoms with Gasteiger partial charge in [0, 0.05) is 6.04 Å². The van der Waals surface area contributed by atoms with Gasteiger partial charge >= 0.3 is 0 Å². The minimum atomic E-state index is -0.378. The van der Waals surface area contributed by atoms with Gasteiger partial charge in [0.1, 0.15) is 11.4 Å². The average molecular weight is 279 g/mol. The summed E-state index contributed by atoms with van der Waals surface area (Å²) in [5, 5.41) is 14.5. The maximum absolute atomic E-state index is 11.2. The quantitative estimate of drug-likeness (QED) is 0.617. The topological polar surface area (TPSA) is 90.4 Å². The third-order valence-electron chi connectivity index (χ3n) is 3.78. The number of ether oxygens (including phenoxy) is 1. The predicted octanol–water partition coefficient (Wildman–Crippen LogP) is 2.53. The van der Waals surface area contributed by atoms with E-state index in [2.05, 4.69) is 5.32 Å². The Morgan fingerprint density at radius 1 is 1.50 bits per heavy atom. The molecule has 0 saturated heterocycles. The van der Waals surface area contributed by atoms with Crippen LogP contribution in [0, 0.1) is 16.0 Å². The van der Waals surface area contributed by atoms with Gasteiger partial charge in [-0.2, -0.15) is 0 Å². The van der Waals surface area contributed by atoms with Crippen molar-refractivity contribution in [3.05, 3.63) is 28.3 Å². The molecular formula is C14H21N3O3. The zero-order valence-electron chi connectivity index (χ0n) is 11.7. The van der Waals surface area contributed by atoms with Crippen molar-refractivity contribution in [2.45, 2.75) is 32.2 Å². The molecule has 1 aromatic carbocycles. The SMILES string of the molecule is CCOc1ccc(NC2CCCC2CN)c([N+](=O)[O-])c1. The van der Waals surface area contributed by atoms with Crippen molar-refractivity contribution in [2.75, 3.05) is 18.5 Å². The maximum atomic E-state index is 11.2. The third-order valence-corrected chi connectivity index (χ3v) is 3.78. The molecule has 0 spiro atoms. The highest BCUT2D eigenvalue weighted by atomic mass is 16.6. The van der Waals surface area contributed by atoms with Crippen LogP contribution in [-0.2, 0) is 0 Å². The van der Waals surface area contributed by atoms with Crippen LogP contribution in [0.1, 0.15) is 26.2 Å². The van der Waals surface area contributed by atoms with Gasteiger partial charge in [-0.05, 0) is 44.4 Å². The summed E-state index contributed by atoms with van der Waals surface area (Å²) in [5.41, 5.74) is 6.34. The van der Waals surface area contributed by atoms with Gasteiger partial charge in [0.2, 0.25) is 0 Å². The van der Waals surface area contributed by atoms with E-state index in [9.17, 15) is 10.1 Å². The molecule has 20 heavy (non-hydrogen) atoms. The third kappa shape index (κ3) is 3.19. The van der Waals surface area contributed by atoms with Gasteiger partial charge < -0.3 is 15.8 Å². The van der Waals surface area contributed by atoms with Crippen LogP contribution in [0.25, 0.3) is 0 Å². The molecule has 3 N–H and O–H groups in total. The van der Waals surface area contributed by atoms with E-state index in [0.717, 1.165) is 19.3 Å². The number of nitro benzene ring substituents is 1. The highest BCUT2D eigenvalue weighted by Crippen LogP contribution is 2.33. The van der Waals surface area contributed by atoms with E-state index in [0.29, 0.717) is 30.5 Å². The summed E-state index contributed by atoms with van der Waals surface area (Å²) in [6, 6.07) is 5.16. The Labute approximate surface area is 118 Å². The lowest BCUT2D eigenvalue weighted by atomic mass is 10.0. The average Bonchev–Trinajstić information content (AvgIpc) is 2.87. The number of nitrogens with one attached hydrogen (secondary N) is 1. The molecule has 2 rings (SSSR count). The number of nitrogens with zero attached hydrogens (tertiary/aromatic N) is 1. The zero-order valence-corrected chi connectivity index (χ0v) is 11.7. The zero-order chi connectivity index (χ0) is 14.5. The van der Waals surface area contributed by atoms with Crippen molar-refractivity contribution in [3.8, 4) is 5.75 Å². The smallest absolute Gasteiger partial charge is 0.296 e. The van der Waals surface area contributed by atoms with E-state index in [1.54, 1.807) is 12.1 Å². The summed E-state index contributed by atoms with van der Waals surface area (Å²) in [6.07, 6.45) is 3.20. The number of anilines is 1. The first-order valence-electron chi connectivity index (χ1n) is 7.03. The number of rotatable bonds is 6. The summed E-state index contributed by atoms with van der Waals surface area (Å²) in [6.45, 7) is 2.95. The maximum Gasteiger partial charge on any atom is 0.296 e. The van der Waals surface area contributed by atoms with E-state index in [4.69, 9.17) is 10.5 Å². The highest BCUT2D eigenvalue weighted by molar-refractivity contribution is 5.64. The van der Waals surface area contributed by atoms with Gasteiger partial charge in [0.25, 0.3) is 5.69 Å². The van der Waals surface area contributed by atoms with Crippen molar-refractivity contribution >= 4 is 11.4 Å². The largest absolute Gasteiger partial charge is 0.494 e. The van der Waals surface area contributed by atoms with Crippen LogP contribution in [0.15, 0.2) is 18.2 Å². The Kier molecular flexibility index (Phi) is 4.79. The second kappa shape index (κ2) is 6.56. The molecule has 0 radical (unpaired) electrons. The van der Waals surface area contributed by atoms with Gasteiger partial charge in [-0.25, -0.2) is 0 Å². The van der Waals surface area contributed by atoms with E-state index >= 15 is 0 Å². The first-order valence-corrected chi connectivity index (χ1v) is 7.03. The Balaban J connectivity index is 2.20. The van der Waals surface area contributed by atoms with Crippen molar-refractivity contribution < 1.29 is 9.66 Å². The van der Waals surface area contributed by atoms with E-state index < -0.39 is 0 Å². The summed E-state index contributed by atoms with van der Waals surface area (Å²) in [7, 11) is 0. The van der Waals surface area contributed by atoms with Crippen LogP contribution in [0.4, 0.5) is 11.4 Å². The first-order chi connectivity index (χ1) is 9.65. The molecule has 0 aliphatic heterocycles. The molecule has 2 unspecified atom stereocenters. The number of nitro groups is 1. The van der Waals surface area contributed by atoms with Crippen LogP contribution in [0.3, 0.4) is 0 Å². The highest BCUT2D eigenvalue weighted by Gasteiger charge is 2.28. The molecule has 110 valence electrons. The monoisotopic (exact) mass is 279 g/mol. The van der Waals surface area contributed by atoms with Crippen LogP contribution in [0.5, 0.6) is 5.75 Å². The second-order valence-corrected chi connectivity index (χ2v) is 5.05.